The number of anilines is 1. The van der Waals surface area contributed by atoms with E-state index >= 15 is 0 Å². The van der Waals surface area contributed by atoms with Crippen LogP contribution in [0.25, 0.3) is 0 Å². The van der Waals surface area contributed by atoms with Gasteiger partial charge in [0, 0.05) is 32.9 Å². The number of aromatic nitrogens is 2. The average molecular weight is 353 g/mol. The number of rotatable bonds is 8. The number of carbonyl (C=O) groups excluding carboxylic acids is 2. The molecule has 2 N–H and O–H groups in total. The highest BCUT2D eigenvalue weighted by Crippen LogP contribution is 2.12. The number of hydrogen-bond acceptors (Lipinski definition) is 6. The minimum atomic E-state index is -0.169. The molecule has 140 valence electrons. The van der Waals surface area contributed by atoms with E-state index < -0.39 is 0 Å². The molecule has 1 aliphatic rings. The standard InChI is InChI=1S/C16H27N5O4/c1-12-8-20(9-13(2)25-12)16(23)11-21-10-14(6-18-21)19-15(22)7-17-4-5-24-3/h6,10,12-13,17H,4-5,7-9,11H2,1-3H3,(H,19,22). The van der Waals surface area contributed by atoms with Crippen LogP contribution in [0, 0.1) is 0 Å². The minimum Gasteiger partial charge on any atom is -0.383 e. The first-order valence-electron chi connectivity index (χ1n) is 8.43. The lowest BCUT2D eigenvalue weighted by molar-refractivity contribution is -0.144. The molecule has 0 radical (unpaired) electrons. The Balaban J connectivity index is 1.78. The smallest absolute Gasteiger partial charge is 0.244 e. The third-order valence-corrected chi connectivity index (χ3v) is 3.76. The molecule has 25 heavy (non-hydrogen) atoms. The maximum Gasteiger partial charge on any atom is 0.244 e. The molecule has 9 nitrogen and oxygen atoms in total. The van der Waals surface area contributed by atoms with Gasteiger partial charge in [-0.15, -0.1) is 0 Å². The number of nitrogens with one attached hydrogen (secondary N) is 2. The van der Waals surface area contributed by atoms with Crippen molar-refractivity contribution in [3.8, 4) is 0 Å². The van der Waals surface area contributed by atoms with E-state index in [2.05, 4.69) is 15.7 Å². The van der Waals surface area contributed by atoms with Gasteiger partial charge in [-0.1, -0.05) is 0 Å². The van der Waals surface area contributed by atoms with E-state index in [9.17, 15) is 9.59 Å². The lowest BCUT2D eigenvalue weighted by Crippen LogP contribution is -2.49. The van der Waals surface area contributed by atoms with Crippen molar-refractivity contribution in [3.63, 3.8) is 0 Å². The van der Waals surface area contributed by atoms with E-state index in [-0.39, 0.29) is 37.1 Å². The Kier molecular flexibility index (Phi) is 7.35. The zero-order valence-electron chi connectivity index (χ0n) is 15.0. The van der Waals surface area contributed by atoms with Gasteiger partial charge in [-0.25, -0.2) is 0 Å². The van der Waals surface area contributed by atoms with Crippen LogP contribution in [0.2, 0.25) is 0 Å². The van der Waals surface area contributed by atoms with Crippen LogP contribution in [0.4, 0.5) is 5.69 Å². The molecule has 0 aliphatic carbocycles. The van der Waals surface area contributed by atoms with E-state index in [4.69, 9.17) is 9.47 Å². The van der Waals surface area contributed by atoms with Gasteiger partial charge in [-0.2, -0.15) is 5.10 Å². The number of amides is 2. The first-order valence-corrected chi connectivity index (χ1v) is 8.43. The lowest BCUT2D eigenvalue weighted by atomic mass is 10.2. The average Bonchev–Trinajstić information content (AvgIpc) is 2.97. The summed E-state index contributed by atoms with van der Waals surface area (Å²) in [6.45, 7) is 6.57. The van der Waals surface area contributed by atoms with Crippen molar-refractivity contribution in [2.45, 2.75) is 32.6 Å². The number of nitrogens with zero attached hydrogens (tertiary/aromatic N) is 3. The van der Waals surface area contributed by atoms with Crippen LogP contribution in [-0.2, 0) is 25.6 Å². The Morgan fingerprint density at radius 1 is 1.36 bits per heavy atom. The van der Waals surface area contributed by atoms with Crippen LogP contribution in [0.1, 0.15) is 13.8 Å². The third-order valence-electron chi connectivity index (χ3n) is 3.76. The molecule has 2 amide bonds. The fourth-order valence-electron chi connectivity index (χ4n) is 2.72. The SMILES string of the molecule is COCCNCC(=O)Nc1cnn(CC(=O)N2CC(C)OC(C)C2)c1. The molecule has 1 saturated heterocycles. The van der Waals surface area contributed by atoms with Gasteiger partial charge in [0.2, 0.25) is 11.8 Å². The third kappa shape index (κ3) is 6.45. The molecule has 2 atom stereocenters. The van der Waals surface area contributed by atoms with Gasteiger partial charge in [0.15, 0.2) is 0 Å². The normalized spacial score (nSPS) is 20.5. The first kappa shape index (κ1) is 19.4. The highest BCUT2D eigenvalue weighted by molar-refractivity contribution is 5.92. The summed E-state index contributed by atoms with van der Waals surface area (Å²) in [6.07, 6.45) is 3.25. The Morgan fingerprint density at radius 2 is 2.08 bits per heavy atom. The first-order chi connectivity index (χ1) is 12.0. The number of carbonyl (C=O) groups is 2. The van der Waals surface area contributed by atoms with Crippen LogP contribution >= 0.6 is 0 Å². The van der Waals surface area contributed by atoms with Crippen LogP contribution in [0.3, 0.4) is 0 Å². The van der Waals surface area contributed by atoms with E-state index in [1.165, 1.54) is 10.9 Å². The van der Waals surface area contributed by atoms with E-state index in [1.54, 1.807) is 18.2 Å². The van der Waals surface area contributed by atoms with Crippen molar-refractivity contribution < 1.29 is 19.1 Å². The second kappa shape index (κ2) is 9.50. The Morgan fingerprint density at radius 3 is 2.76 bits per heavy atom. The van der Waals surface area contributed by atoms with Gasteiger partial charge in [0.25, 0.3) is 0 Å². The highest BCUT2D eigenvalue weighted by Gasteiger charge is 2.26. The van der Waals surface area contributed by atoms with Gasteiger partial charge in [0.1, 0.15) is 6.54 Å². The Hall–Kier alpha value is -1.97. The minimum absolute atomic E-state index is 0.00999. The van der Waals surface area contributed by atoms with Gasteiger partial charge in [0.05, 0.1) is 37.2 Å². The monoisotopic (exact) mass is 353 g/mol. The molecule has 1 aromatic rings. The van der Waals surface area contributed by atoms with E-state index in [1.807, 2.05) is 13.8 Å². The molecular formula is C16H27N5O4. The fraction of sp³-hybridized carbons (Fsp3) is 0.688. The zero-order chi connectivity index (χ0) is 18.2. The number of hydrogen-bond donors (Lipinski definition) is 2. The summed E-state index contributed by atoms with van der Waals surface area (Å²) in [5.74, 6) is -0.179. The second-order valence-electron chi connectivity index (χ2n) is 6.20. The molecule has 2 unspecified atom stereocenters. The maximum atomic E-state index is 12.4. The van der Waals surface area contributed by atoms with Gasteiger partial charge in [-0.05, 0) is 13.8 Å². The van der Waals surface area contributed by atoms with Crippen LogP contribution < -0.4 is 10.6 Å². The van der Waals surface area contributed by atoms with Crippen molar-refractivity contribution in [1.29, 1.82) is 0 Å². The molecule has 0 saturated carbocycles. The van der Waals surface area contributed by atoms with Crippen molar-refractivity contribution in [2.24, 2.45) is 0 Å². The van der Waals surface area contributed by atoms with Crippen molar-refractivity contribution in [3.05, 3.63) is 12.4 Å². The van der Waals surface area contributed by atoms with Crippen LogP contribution in [-0.4, -0.2) is 78.6 Å². The Labute approximate surface area is 147 Å². The predicted octanol–water partition coefficient (Wildman–Crippen LogP) is -0.307. The molecule has 2 heterocycles. The summed E-state index contributed by atoms with van der Waals surface area (Å²) < 4.78 is 12.1. The number of methoxy groups -OCH3 is 1. The molecule has 0 bridgehead atoms. The van der Waals surface area contributed by atoms with Gasteiger partial charge < -0.3 is 25.0 Å². The summed E-state index contributed by atoms with van der Waals surface area (Å²) >= 11 is 0. The van der Waals surface area contributed by atoms with Crippen LogP contribution in [0.15, 0.2) is 12.4 Å². The molecular weight excluding hydrogens is 326 g/mol. The molecule has 2 rings (SSSR count). The van der Waals surface area contributed by atoms with Gasteiger partial charge >= 0.3 is 0 Å². The van der Waals surface area contributed by atoms with Crippen molar-refractivity contribution in [1.82, 2.24) is 20.0 Å². The zero-order valence-corrected chi connectivity index (χ0v) is 15.0. The number of ether oxygens (including phenoxy) is 2. The summed E-state index contributed by atoms with van der Waals surface area (Å²) in [5, 5.41) is 9.83. The van der Waals surface area contributed by atoms with Gasteiger partial charge in [-0.3, -0.25) is 14.3 Å². The predicted molar refractivity (Wildman–Crippen MR) is 92.2 cm³/mol. The maximum absolute atomic E-state index is 12.4. The second-order valence-corrected chi connectivity index (χ2v) is 6.20. The van der Waals surface area contributed by atoms with Crippen molar-refractivity contribution >= 4 is 17.5 Å². The molecule has 0 spiro atoms. The van der Waals surface area contributed by atoms with Crippen LogP contribution in [0.5, 0.6) is 0 Å². The lowest BCUT2D eigenvalue weighted by Gasteiger charge is -2.35. The quantitative estimate of drug-likeness (QED) is 0.623. The summed E-state index contributed by atoms with van der Waals surface area (Å²) in [7, 11) is 1.61. The van der Waals surface area contributed by atoms with Crippen molar-refractivity contribution in [2.75, 3.05) is 45.2 Å². The summed E-state index contributed by atoms with van der Waals surface area (Å²) in [4.78, 5) is 26.0. The van der Waals surface area contributed by atoms with E-state index in [0.29, 0.717) is 31.9 Å². The summed E-state index contributed by atoms with van der Waals surface area (Å²) in [6, 6.07) is 0. The number of morpholine rings is 1. The summed E-state index contributed by atoms with van der Waals surface area (Å²) in [5.41, 5.74) is 0.565. The topological polar surface area (TPSA) is 97.7 Å². The molecule has 1 aromatic heterocycles. The molecule has 1 fully saturated rings. The Bertz CT molecular complexity index is 567. The van der Waals surface area contributed by atoms with E-state index in [0.717, 1.165) is 0 Å². The molecule has 1 aliphatic heterocycles. The fourth-order valence-corrected chi connectivity index (χ4v) is 2.72. The molecule has 0 aromatic carbocycles. The largest absolute Gasteiger partial charge is 0.383 e. The molecule has 9 heteroatoms. The highest BCUT2D eigenvalue weighted by atomic mass is 16.5.